The van der Waals surface area contributed by atoms with Crippen molar-refractivity contribution in [3.8, 4) is 0 Å². The Balaban J connectivity index is 1.27. The van der Waals surface area contributed by atoms with Gasteiger partial charge in [-0.2, -0.15) is 0 Å². The third kappa shape index (κ3) is 3.25. The van der Waals surface area contributed by atoms with E-state index in [-0.39, 0.29) is 16.2 Å². The first kappa shape index (κ1) is 17.8. The van der Waals surface area contributed by atoms with Crippen molar-refractivity contribution in [2.24, 2.45) is 17.3 Å². The van der Waals surface area contributed by atoms with E-state index in [0.717, 1.165) is 64.0 Å². The average molecular weight is 388 g/mol. The van der Waals surface area contributed by atoms with Crippen molar-refractivity contribution in [2.75, 3.05) is 43.4 Å². The predicted octanol–water partition coefficient (Wildman–Crippen LogP) is 3.95. The average Bonchev–Trinajstić information content (AvgIpc) is 2.61. The zero-order valence-electron chi connectivity index (χ0n) is 16.2. The summed E-state index contributed by atoms with van der Waals surface area (Å²) in [5.74, 6) is 1.50. The van der Waals surface area contributed by atoms with Gasteiger partial charge in [0.1, 0.15) is 0 Å². The maximum Gasteiger partial charge on any atom is 0.230 e. The Kier molecular flexibility index (Phi) is 4.21. The number of halogens is 1. The van der Waals surface area contributed by atoms with E-state index in [1.165, 1.54) is 12.1 Å². The molecular weight excluding hydrogens is 358 g/mol. The van der Waals surface area contributed by atoms with Crippen molar-refractivity contribution in [1.82, 2.24) is 4.90 Å². The van der Waals surface area contributed by atoms with Crippen molar-refractivity contribution in [1.29, 1.82) is 0 Å². The Morgan fingerprint density at radius 1 is 1.04 bits per heavy atom. The smallest absolute Gasteiger partial charge is 0.230 e. The van der Waals surface area contributed by atoms with Gasteiger partial charge >= 0.3 is 0 Å². The minimum absolute atomic E-state index is 0.118. The normalized spacial score (nSPS) is 38.2. The molecule has 0 aromatic heterocycles. The second kappa shape index (κ2) is 6.38. The summed E-state index contributed by atoms with van der Waals surface area (Å²) < 4.78 is 0. The van der Waals surface area contributed by atoms with Gasteiger partial charge in [0, 0.05) is 42.4 Å². The molecule has 0 radical (unpaired) electrons. The molecule has 1 N–H and O–H groups in total. The van der Waals surface area contributed by atoms with Gasteiger partial charge in [-0.05, 0) is 81.7 Å². The highest BCUT2D eigenvalue weighted by molar-refractivity contribution is 6.24. The van der Waals surface area contributed by atoms with E-state index in [0.29, 0.717) is 11.8 Å². The highest BCUT2D eigenvalue weighted by atomic mass is 35.5. The number of rotatable bonds is 3. The van der Waals surface area contributed by atoms with Crippen LogP contribution in [0.3, 0.4) is 0 Å². The first-order valence-corrected chi connectivity index (χ1v) is 10.8. The molecule has 1 amide bonds. The fourth-order valence-electron chi connectivity index (χ4n) is 6.50. The van der Waals surface area contributed by atoms with Gasteiger partial charge in [-0.1, -0.05) is 0 Å². The number of benzene rings is 1. The molecule has 1 aliphatic heterocycles. The highest BCUT2D eigenvalue weighted by Gasteiger charge is 2.60. The number of alkyl halides is 1. The lowest BCUT2D eigenvalue weighted by atomic mass is 9.49. The Morgan fingerprint density at radius 2 is 1.67 bits per heavy atom. The summed E-state index contributed by atoms with van der Waals surface area (Å²) in [7, 11) is 2.17. The molecule has 27 heavy (non-hydrogen) atoms. The lowest BCUT2D eigenvalue weighted by Gasteiger charge is -2.59. The van der Waals surface area contributed by atoms with E-state index >= 15 is 0 Å². The lowest BCUT2D eigenvalue weighted by molar-refractivity contribution is -0.138. The number of nitrogens with one attached hydrogen (secondary N) is 1. The van der Waals surface area contributed by atoms with E-state index in [1.54, 1.807) is 0 Å². The molecule has 4 bridgehead atoms. The predicted molar refractivity (Wildman–Crippen MR) is 110 cm³/mol. The van der Waals surface area contributed by atoms with Crippen LogP contribution < -0.4 is 10.2 Å². The molecule has 0 spiro atoms. The molecular formula is C22H30ClN3O. The standard InChI is InChI=1S/C22H30ClN3O/c1-25-6-8-26(9-7-25)19-4-2-18(3-5-19)24-20(27)21-11-16-10-17(12-21)14-22(23,13-16)15-21/h2-5,16-17H,6-15H2,1H3,(H,24,27). The molecule has 4 saturated carbocycles. The molecule has 146 valence electrons. The molecule has 6 rings (SSSR count). The van der Waals surface area contributed by atoms with E-state index in [2.05, 4.69) is 46.4 Å². The molecule has 1 heterocycles. The minimum atomic E-state index is -0.234. The molecule has 1 aromatic carbocycles. The van der Waals surface area contributed by atoms with Crippen molar-refractivity contribution in [3.05, 3.63) is 24.3 Å². The fourth-order valence-corrected chi connectivity index (χ4v) is 7.19. The van der Waals surface area contributed by atoms with Gasteiger partial charge in [0.05, 0.1) is 5.41 Å². The number of carbonyl (C=O) groups is 1. The third-order valence-corrected chi connectivity index (χ3v) is 7.91. The third-order valence-electron chi connectivity index (χ3n) is 7.46. The number of anilines is 2. The summed E-state index contributed by atoms with van der Waals surface area (Å²) in [6, 6.07) is 8.40. The fraction of sp³-hybridized carbons (Fsp3) is 0.682. The number of hydrogen-bond acceptors (Lipinski definition) is 3. The van der Waals surface area contributed by atoms with Gasteiger partial charge in [0.15, 0.2) is 0 Å². The Morgan fingerprint density at radius 3 is 2.26 bits per heavy atom. The second-order valence-electron chi connectivity index (χ2n) is 9.68. The van der Waals surface area contributed by atoms with Crippen LogP contribution in [-0.4, -0.2) is 48.9 Å². The Bertz CT molecular complexity index is 712. The molecule has 2 unspecified atom stereocenters. The van der Waals surface area contributed by atoms with Gasteiger partial charge in [-0.15, -0.1) is 11.6 Å². The van der Waals surface area contributed by atoms with Crippen LogP contribution in [0.25, 0.3) is 0 Å². The maximum atomic E-state index is 13.2. The van der Waals surface area contributed by atoms with E-state index in [1.807, 2.05) is 0 Å². The first-order valence-electron chi connectivity index (χ1n) is 10.5. The summed E-state index contributed by atoms with van der Waals surface area (Å²) in [4.78, 5) is 17.9. The number of hydrogen-bond donors (Lipinski definition) is 1. The second-order valence-corrected chi connectivity index (χ2v) is 10.5. The zero-order chi connectivity index (χ0) is 18.6. The number of likely N-dealkylation sites (N-methyl/N-ethyl adjacent to an activating group) is 1. The lowest BCUT2D eigenvalue weighted by Crippen LogP contribution is -2.57. The van der Waals surface area contributed by atoms with Gasteiger partial charge < -0.3 is 15.1 Å². The molecule has 5 heteroatoms. The van der Waals surface area contributed by atoms with Crippen LogP contribution in [0.15, 0.2) is 24.3 Å². The van der Waals surface area contributed by atoms with Crippen molar-refractivity contribution >= 4 is 28.9 Å². The molecule has 1 aromatic rings. The van der Waals surface area contributed by atoms with E-state index < -0.39 is 0 Å². The maximum absolute atomic E-state index is 13.2. The quantitative estimate of drug-likeness (QED) is 0.797. The van der Waals surface area contributed by atoms with E-state index in [9.17, 15) is 4.79 Å². The largest absolute Gasteiger partial charge is 0.369 e. The molecule has 5 aliphatic rings. The van der Waals surface area contributed by atoms with Gasteiger partial charge in [0.25, 0.3) is 0 Å². The first-order chi connectivity index (χ1) is 12.9. The van der Waals surface area contributed by atoms with Gasteiger partial charge in [-0.3, -0.25) is 4.79 Å². The Labute approximate surface area is 167 Å². The zero-order valence-corrected chi connectivity index (χ0v) is 17.0. The summed E-state index contributed by atoms with van der Waals surface area (Å²) in [6.45, 7) is 4.32. The summed E-state index contributed by atoms with van der Waals surface area (Å²) in [5, 5.41) is 3.23. The number of amides is 1. The van der Waals surface area contributed by atoms with Gasteiger partial charge in [0.2, 0.25) is 5.91 Å². The SMILES string of the molecule is CN1CCN(c2ccc(NC(=O)C34CC5CC(CC(Cl)(C5)C3)C4)cc2)CC1. The molecule has 4 nitrogen and oxygen atoms in total. The number of nitrogens with zero attached hydrogens (tertiary/aromatic N) is 2. The number of carbonyl (C=O) groups excluding carboxylic acids is 1. The minimum Gasteiger partial charge on any atom is -0.369 e. The van der Waals surface area contributed by atoms with Crippen LogP contribution in [-0.2, 0) is 4.79 Å². The van der Waals surface area contributed by atoms with Crippen LogP contribution >= 0.6 is 11.6 Å². The van der Waals surface area contributed by atoms with Crippen LogP contribution in [0.5, 0.6) is 0 Å². The molecule has 4 aliphatic carbocycles. The molecule has 2 atom stereocenters. The van der Waals surface area contributed by atoms with Crippen LogP contribution in [0.2, 0.25) is 0 Å². The van der Waals surface area contributed by atoms with Gasteiger partial charge in [-0.25, -0.2) is 0 Å². The highest BCUT2D eigenvalue weighted by Crippen LogP contribution is 2.64. The van der Waals surface area contributed by atoms with Crippen LogP contribution in [0.4, 0.5) is 11.4 Å². The Hall–Kier alpha value is -1.26. The summed E-state index contributed by atoms with van der Waals surface area (Å²) >= 11 is 6.90. The van der Waals surface area contributed by atoms with Crippen molar-refractivity contribution in [2.45, 2.75) is 43.4 Å². The van der Waals surface area contributed by atoms with Crippen molar-refractivity contribution < 1.29 is 4.79 Å². The topological polar surface area (TPSA) is 35.6 Å². The molecule has 1 saturated heterocycles. The van der Waals surface area contributed by atoms with Crippen molar-refractivity contribution in [3.63, 3.8) is 0 Å². The number of piperazine rings is 1. The van der Waals surface area contributed by atoms with Crippen LogP contribution in [0, 0.1) is 17.3 Å². The summed E-state index contributed by atoms with van der Waals surface area (Å²) in [5.41, 5.74) is 1.93. The monoisotopic (exact) mass is 387 g/mol. The van der Waals surface area contributed by atoms with E-state index in [4.69, 9.17) is 11.6 Å². The molecule has 5 fully saturated rings. The van der Waals surface area contributed by atoms with Crippen LogP contribution in [0.1, 0.15) is 38.5 Å². The summed E-state index contributed by atoms with van der Waals surface area (Å²) in [6.07, 6.45) is 6.43.